The highest BCUT2D eigenvalue weighted by Crippen LogP contribution is 2.36. The van der Waals surface area contributed by atoms with Gasteiger partial charge in [0.05, 0.1) is 0 Å². The summed E-state index contributed by atoms with van der Waals surface area (Å²) >= 11 is 0. The molecule has 0 aromatic carbocycles. The lowest BCUT2D eigenvalue weighted by atomic mass is 9.71. The van der Waals surface area contributed by atoms with Crippen molar-refractivity contribution < 1.29 is 4.79 Å². The van der Waals surface area contributed by atoms with Gasteiger partial charge in [0.15, 0.2) is 0 Å². The van der Waals surface area contributed by atoms with Crippen LogP contribution in [0.25, 0.3) is 0 Å². The summed E-state index contributed by atoms with van der Waals surface area (Å²) in [6.07, 6.45) is 8.42. The van der Waals surface area contributed by atoms with Crippen LogP contribution in [0.3, 0.4) is 0 Å². The Morgan fingerprint density at radius 3 is 2.00 bits per heavy atom. The fourth-order valence-corrected chi connectivity index (χ4v) is 2.93. The van der Waals surface area contributed by atoms with Crippen molar-refractivity contribution >= 4 is 5.78 Å². The predicted molar refractivity (Wildman–Crippen MR) is 64.8 cm³/mol. The topological polar surface area (TPSA) is 17.1 Å². The minimum atomic E-state index is 0.380. The van der Waals surface area contributed by atoms with Crippen molar-refractivity contribution in [2.45, 2.75) is 65.7 Å². The Balaban J connectivity index is 2.52. The number of Topliss-reactive ketones (excluding diaryl/α,β-unsaturated/α-hetero) is 1. The molecule has 0 spiro atoms. The molecule has 0 aliphatic heterocycles. The van der Waals surface area contributed by atoms with Crippen molar-refractivity contribution in [2.24, 2.45) is 17.8 Å². The minimum absolute atomic E-state index is 0.380. The number of unbranched alkanes of at least 4 members (excludes halogenated alkanes) is 1. The summed E-state index contributed by atoms with van der Waals surface area (Å²) in [5.41, 5.74) is 0. The summed E-state index contributed by atoms with van der Waals surface area (Å²) in [5.74, 6) is 2.15. The SMILES string of the molecule is CCCCC1CC(CC)C(=O)C(CC)C1. The number of hydrogen-bond acceptors (Lipinski definition) is 1. The molecule has 1 saturated carbocycles. The molecule has 0 saturated heterocycles. The summed E-state index contributed by atoms with van der Waals surface area (Å²) < 4.78 is 0. The van der Waals surface area contributed by atoms with Crippen LogP contribution in [0.5, 0.6) is 0 Å². The molecule has 0 N–H and O–H groups in total. The zero-order chi connectivity index (χ0) is 11.3. The van der Waals surface area contributed by atoms with Crippen molar-refractivity contribution in [2.75, 3.05) is 0 Å². The molecular formula is C14H26O. The van der Waals surface area contributed by atoms with E-state index in [9.17, 15) is 4.79 Å². The van der Waals surface area contributed by atoms with Gasteiger partial charge >= 0.3 is 0 Å². The second-order valence-corrected chi connectivity index (χ2v) is 5.09. The van der Waals surface area contributed by atoms with Gasteiger partial charge in [-0.05, 0) is 31.6 Å². The van der Waals surface area contributed by atoms with Crippen molar-refractivity contribution in [1.82, 2.24) is 0 Å². The van der Waals surface area contributed by atoms with E-state index in [2.05, 4.69) is 20.8 Å². The summed E-state index contributed by atoms with van der Waals surface area (Å²) in [6.45, 7) is 6.58. The van der Waals surface area contributed by atoms with Gasteiger partial charge in [-0.15, -0.1) is 0 Å². The first kappa shape index (κ1) is 12.7. The molecule has 0 aromatic rings. The third kappa shape index (κ3) is 3.32. The molecule has 88 valence electrons. The van der Waals surface area contributed by atoms with Crippen molar-refractivity contribution in [1.29, 1.82) is 0 Å². The number of carbonyl (C=O) groups excluding carboxylic acids is 1. The maximum Gasteiger partial charge on any atom is 0.139 e. The quantitative estimate of drug-likeness (QED) is 0.664. The van der Waals surface area contributed by atoms with E-state index in [0.29, 0.717) is 17.6 Å². The van der Waals surface area contributed by atoms with Crippen LogP contribution in [-0.4, -0.2) is 5.78 Å². The first-order valence-electron chi connectivity index (χ1n) is 6.76. The van der Waals surface area contributed by atoms with Gasteiger partial charge in [-0.2, -0.15) is 0 Å². The lowest BCUT2D eigenvalue weighted by Gasteiger charge is -2.33. The molecule has 1 rings (SSSR count). The van der Waals surface area contributed by atoms with E-state index in [4.69, 9.17) is 0 Å². The highest BCUT2D eigenvalue weighted by atomic mass is 16.1. The van der Waals surface area contributed by atoms with Crippen LogP contribution in [0.4, 0.5) is 0 Å². The van der Waals surface area contributed by atoms with Gasteiger partial charge in [0.25, 0.3) is 0 Å². The first-order valence-corrected chi connectivity index (χ1v) is 6.76. The van der Waals surface area contributed by atoms with Gasteiger partial charge in [-0.3, -0.25) is 4.79 Å². The summed E-state index contributed by atoms with van der Waals surface area (Å²) in [7, 11) is 0. The Hall–Kier alpha value is -0.330. The molecule has 0 aromatic heterocycles. The Labute approximate surface area is 94.6 Å². The summed E-state index contributed by atoms with van der Waals surface area (Å²) in [6, 6.07) is 0. The number of rotatable bonds is 5. The van der Waals surface area contributed by atoms with Crippen LogP contribution < -0.4 is 0 Å². The van der Waals surface area contributed by atoms with E-state index in [1.165, 1.54) is 32.1 Å². The number of carbonyl (C=O) groups is 1. The van der Waals surface area contributed by atoms with E-state index < -0.39 is 0 Å². The molecule has 2 atom stereocenters. The average molecular weight is 210 g/mol. The Kier molecular flexibility index (Phi) is 5.35. The van der Waals surface area contributed by atoms with Gasteiger partial charge in [-0.25, -0.2) is 0 Å². The third-order valence-corrected chi connectivity index (χ3v) is 3.99. The van der Waals surface area contributed by atoms with Crippen molar-refractivity contribution in [3.63, 3.8) is 0 Å². The molecule has 0 heterocycles. The van der Waals surface area contributed by atoms with Crippen molar-refractivity contribution in [3.8, 4) is 0 Å². The lowest BCUT2D eigenvalue weighted by Crippen LogP contribution is -2.32. The zero-order valence-electron chi connectivity index (χ0n) is 10.6. The minimum Gasteiger partial charge on any atom is -0.299 e. The van der Waals surface area contributed by atoms with E-state index in [1.807, 2.05) is 0 Å². The highest BCUT2D eigenvalue weighted by molar-refractivity contribution is 5.84. The van der Waals surface area contributed by atoms with Crippen LogP contribution in [0.15, 0.2) is 0 Å². The average Bonchev–Trinajstić information content (AvgIpc) is 2.27. The van der Waals surface area contributed by atoms with Crippen LogP contribution in [0, 0.1) is 17.8 Å². The van der Waals surface area contributed by atoms with E-state index in [0.717, 1.165) is 18.8 Å². The lowest BCUT2D eigenvalue weighted by molar-refractivity contribution is -0.130. The van der Waals surface area contributed by atoms with Crippen LogP contribution in [0.2, 0.25) is 0 Å². The molecule has 0 radical (unpaired) electrons. The van der Waals surface area contributed by atoms with E-state index in [-0.39, 0.29) is 0 Å². The normalized spacial score (nSPS) is 31.9. The predicted octanol–water partition coefficient (Wildman–Crippen LogP) is 4.21. The fraction of sp³-hybridized carbons (Fsp3) is 0.929. The smallest absolute Gasteiger partial charge is 0.139 e. The molecule has 1 aliphatic rings. The standard InChI is InChI=1S/C14H26O/c1-4-7-8-11-9-12(5-2)14(15)13(6-3)10-11/h11-13H,4-10H2,1-3H3. The van der Waals surface area contributed by atoms with Gasteiger partial charge in [0.2, 0.25) is 0 Å². The highest BCUT2D eigenvalue weighted by Gasteiger charge is 2.33. The van der Waals surface area contributed by atoms with Crippen molar-refractivity contribution in [3.05, 3.63) is 0 Å². The van der Waals surface area contributed by atoms with E-state index >= 15 is 0 Å². The summed E-state index contributed by atoms with van der Waals surface area (Å²) in [4.78, 5) is 12.0. The van der Waals surface area contributed by atoms with Gasteiger partial charge < -0.3 is 0 Å². The molecule has 1 heteroatoms. The molecular weight excluding hydrogens is 184 g/mol. The molecule has 2 unspecified atom stereocenters. The van der Waals surface area contributed by atoms with Gasteiger partial charge in [-0.1, -0.05) is 40.0 Å². The molecule has 0 amide bonds. The maximum atomic E-state index is 12.0. The largest absolute Gasteiger partial charge is 0.299 e. The van der Waals surface area contributed by atoms with E-state index in [1.54, 1.807) is 0 Å². The van der Waals surface area contributed by atoms with Crippen LogP contribution in [0.1, 0.15) is 65.7 Å². The van der Waals surface area contributed by atoms with Gasteiger partial charge in [0.1, 0.15) is 5.78 Å². The Morgan fingerprint density at radius 2 is 1.60 bits per heavy atom. The zero-order valence-corrected chi connectivity index (χ0v) is 10.6. The van der Waals surface area contributed by atoms with Crippen LogP contribution in [-0.2, 0) is 4.79 Å². The summed E-state index contributed by atoms with van der Waals surface area (Å²) in [5, 5.41) is 0. The molecule has 15 heavy (non-hydrogen) atoms. The molecule has 1 fully saturated rings. The Morgan fingerprint density at radius 1 is 1.07 bits per heavy atom. The Bertz CT molecular complexity index is 182. The molecule has 0 bridgehead atoms. The second-order valence-electron chi connectivity index (χ2n) is 5.09. The first-order chi connectivity index (χ1) is 7.22. The number of ketones is 1. The maximum absolute atomic E-state index is 12.0. The molecule has 1 aliphatic carbocycles. The monoisotopic (exact) mass is 210 g/mol. The van der Waals surface area contributed by atoms with Crippen LogP contribution >= 0.6 is 0 Å². The second kappa shape index (κ2) is 6.30. The van der Waals surface area contributed by atoms with Gasteiger partial charge in [0, 0.05) is 11.8 Å². The number of hydrogen-bond donors (Lipinski definition) is 0. The molecule has 1 nitrogen and oxygen atoms in total. The third-order valence-electron chi connectivity index (χ3n) is 3.99. The fourth-order valence-electron chi connectivity index (χ4n) is 2.93.